The van der Waals surface area contributed by atoms with Gasteiger partial charge in [0.15, 0.2) is 0 Å². The number of amides is 2. The first kappa shape index (κ1) is 37.5. The van der Waals surface area contributed by atoms with Crippen molar-refractivity contribution in [3.63, 3.8) is 0 Å². The van der Waals surface area contributed by atoms with Crippen LogP contribution < -0.4 is 16.4 Å². The molecule has 0 fully saturated rings. The van der Waals surface area contributed by atoms with Gasteiger partial charge in [0.2, 0.25) is 15.9 Å². The van der Waals surface area contributed by atoms with E-state index in [0.29, 0.717) is 22.7 Å². The van der Waals surface area contributed by atoms with Crippen molar-refractivity contribution in [3.05, 3.63) is 120 Å². The molecule has 0 saturated heterocycles. The van der Waals surface area contributed by atoms with Crippen LogP contribution in [0.4, 0.5) is 16.2 Å². The maximum Gasteiger partial charge on any atom is 0.407 e. The second-order valence-corrected chi connectivity index (χ2v) is 14.9. The minimum absolute atomic E-state index is 0.0945. The molecule has 0 aromatic heterocycles. The Hall–Kier alpha value is -4.36. The van der Waals surface area contributed by atoms with E-state index in [-0.39, 0.29) is 23.1 Å². The van der Waals surface area contributed by atoms with Gasteiger partial charge >= 0.3 is 6.09 Å². The Morgan fingerprint density at radius 2 is 1.45 bits per heavy atom. The standard InChI is InChI=1S/C37H44N4O6S2/c1-26(2)22-23-41(49(45,46)31-20-18-29(38)19-21-31)30(24-42)25-48-33-17-11-10-16-32(33)39-36(43)35(40-37(44)47-3)34(27-12-6-4-7-13-27)28-14-8-5-9-15-28/h4-21,26,30,34-35,42H,22-25,38H2,1-3H3,(H,39,43)(H,40,44)/t30-,35+/m1/s1. The van der Waals surface area contributed by atoms with E-state index >= 15 is 0 Å². The number of benzene rings is 4. The third-order valence-corrected chi connectivity index (χ3v) is 11.2. The molecule has 0 aliphatic rings. The summed E-state index contributed by atoms with van der Waals surface area (Å²) >= 11 is 1.32. The van der Waals surface area contributed by atoms with Gasteiger partial charge in [0.1, 0.15) is 6.04 Å². The molecule has 0 aliphatic carbocycles. The number of hydrogen-bond donors (Lipinski definition) is 4. The van der Waals surface area contributed by atoms with Crippen LogP contribution in [0.3, 0.4) is 0 Å². The number of hydrogen-bond acceptors (Lipinski definition) is 8. The molecule has 12 heteroatoms. The molecule has 0 spiro atoms. The van der Waals surface area contributed by atoms with E-state index in [0.717, 1.165) is 11.1 Å². The molecular formula is C37H44N4O6S2. The summed E-state index contributed by atoms with van der Waals surface area (Å²) in [5.74, 6) is -0.586. The van der Waals surface area contributed by atoms with E-state index in [1.165, 1.54) is 47.4 Å². The highest BCUT2D eigenvalue weighted by molar-refractivity contribution is 7.99. The highest BCUT2D eigenvalue weighted by Crippen LogP contribution is 2.33. The predicted octanol–water partition coefficient (Wildman–Crippen LogP) is 5.95. The summed E-state index contributed by atoms with van der Waals surface area (Å²) in [6, 6.07) is 30.2. The topological polar surface area (TPSA) is 151 Å². The number of ether oxygens (including phenoxy) is 1. The number of aliphatic hydroxyl groups excluding tert-OH is 1. The average Bonchev–Trinajstić information content (AvgIpc) is 3.10. The highest BCUT2D eigenvalue weighted by atomic mass is 32.2. The van der Waals surface area contributed by atoms with E-state index in [1.807, 2.05) is 86.6 Å². The largest absolute Gasteiger partial charge is 0.453 e. The first-order valence-corrected chi connectivity index (χ1v) is 18.4. The third kappa shape index (κ3) is 10.1. The molecule has 2 amide bonds. The highest BCUT2D eigenvalue weighted by Gasteiger charge is 2.34. The number of rotatable bonds is 16. The van der Waals surface area contributed by atoms with Gasteiger partial charge in [0.05, 0.1) is 30.3 Å². The summed E-state index contributed by atoms with van der Waals surface area (Å²) in [7, 11) is -2.72. The summed E-state index contributed by atoms with van der Waals surface area (Å²) in [5, 5.41) is 16.2. The number of nitrogens with zero attached hydrogens (tertiary/aromatic N) is 1. The fourth-order valence-corrected chi connectivity index (χ4v) is 8.19. The summed E-state index contributed by atoms with van der Waals surface area (Å²) in [6.45, 7) is 3.83. The van der Waals surface area contributed by atoms with Crippen LogP contribution in [0, 0.1) is 5.92 Å². The van der Waals surface area contributed by atoms with Crippen molar-refractivity contribution >= 4 is 45.2 Å². The van der Waals surface area contributed by atoms with Gasteiger partial charge in [-0.25, -0.2) is 13.2 Å². The molecule has 0 bridgehead atoms. The lowest BCUT2D eigenvalue weighted by Gasteiger charge is -2.30. The Morgan fingerprint density at radius 1 is 0.878 bits per heavy atom. The Morgan fingerprint density at radius 3 is 2.00 bits per heavy atom. The molecule has 0 aliphatic heterocycles. The number of thioether (sulfide) groups is 1. The Kier molecular flexibility index (Phi) is 13.7. The quantitative estimate of drug-likeness (QED) is 0.0825. The van der Waals surface area contributed by atoms with Gasteiger partial charge in [-0.15, -0.1) is 11.8 Å². The number of carbonyl (C=O) groups is 2. The second-order valence-electron chi connectivity index (χ2n) is 11.9. The molecule has 2 atom stereocenters. The van der Waals surface area contributed by atoms with Gasteiger partial charge in [0.25, 0.3) is 0 Å². The molecule has 0 radical (unpaired) electrons. The van der Waals surface area contributed by atoms with Gasteiger partial charge in [0, 0.05) is 28.8 Å². The lowest BCUT2D eigenvalue weighted by molar-refractivity contribution is -0.118. The number of nitrogen functional groups attached to an aromatic ring is 1. The number of alkyl carbamates (subject to hydrolysis) is 1. The lowest BCUT2D eigenvalue weighted by atomic mass is 9.84. The van der Waals surface area contributed by atoms with Crippen LogP contribution in [0.1, 0.15) is 37.3 Å². The van der Waals surface area contributed by atoms with Crippen molar-refractivity contribution in [1.29, 1.82) is 0 Å². The molecule has 4 rings (SSSR count). The number of nitrogens with one attached hydrogen (secondary N) is 2. The van der Waals surface area contributed by atoms with Crippen LogP contribution in [0.25, 0.3) is 0 Å². The maximum absolute atomic E-state index is 14.1. The number of methoxy groups -OCH3 is 1. The van der Waals surface area contributed by atoms with Crippen molar-refractivity contribution < 1.29 is 27.9 Å². The smallest absolute Gasteiger partial charge is 0.407 e. The van der Waals surface area contributed by atoms with Crippen molar-refractivity contribution in [1.82, 2.24) is 9.62 Å². The van der Waals surface area contributed by atoms with Crippen LogP contribution in [0.2, 0.25) is 0 Å². The molecule has 0 saturated carbocycles. The zero-order valence-electron chi connectivity index (χ0n) is 27.9. The fraction of sp³-hybridized carbons (Fsp3) is 0.297. The molecule has 4 aromatic rings. The summed E-state index contributed by atoms with van der Waals surface area (Å²) in [6.07, 6.45) is -0.158. The zero-order chi connectivity index (χ0) is 35.4. The minimum Gasteiger partial charge on any atom is -0.453 e. The lowest BCUT2D eigenvalue weighted by Crippen LogP contribution is -2.48. The normalized spacial score (nSPS) is 12.9. The van der Waals surface area contributed by atoms with Gasteiger partial charge in [-0.05, 0) is 59.9 Å². The van der Waals surface area contributed by atoms with E-state index in [2.05, 4.69) is 10.6 Å². The second kappa shape index (κ2) is 17.9. The molecule has 5 N–H and O–H groups in total. The Balaban J connectivity index is 1.62. The molecule has 0 unspecified atom stereocenters. The van der Waals surface area contributed by atoms with Gasteiger partial charge in [-0.3, -0.25) is 4.79 Å². The van der Waals surface area contributed by atoms with Crippen molar-refractivity contribution in [2.75, 3.05) is 37.1 Å². The Bertz CT molecular complexity index is 1720. The van der Waals surface area contributed by atoms with Gasteiger partial charge < -0.3 is 26.2 Å². The predicted molar refractivity (Wildman–Crippen MR) is 195 cm³/mol. The van der Waals surface area contributed by atoms with E-state index in [4.69, 9.17) is 10.5 Å². The van der Waals surface area contributed by atoms with E-state index in [1.54, 1.807) is 12.1 Å². The molecule has 49 heavy (non-hydrogen) atoms. The number of carbonyl (C=O) groups excluding carboxylic acids is 2. The number of anilines is 2. The first-order chi connectivity index (χ1) is 23.5. The summed E-state index contributed by atoms with van der Waals surface area (Å²) in [4.78, 5) is 27.5. The average molecular weight is 705 g/mol. The van der Waals surface area contributed by atoms with Crippen molar-refractivity contribution in [2.24, 2.45) is 5.92 Å². The van der Waals surface area contributed by atoms with Crippen LogP contribution in [0.15, 0.2) is 119 Å². The van der Waals surface area contributed by atoms with Crippen molar-refractivity contribution in [2.45, 2.75) is 48.1 Å². The summed E-state index contributed by atoms with van der Waals surface area (Å²) in [5.41, 5.74) is 8.37. The molecule has 0 heterocycles. The maximum atomic E-state index is 14.1. The number of sulfonamides is 1. The monoisotopic (exact) mass is 704 g/mol. The zero-order valence-corrected chi connectivity index (χ0v) is 29.5. The van der Waals surface area contributed by atoms with Gasteiger partial charge in [-0.2, -0.15) is 4.31 Å². The van der Waals surface area contributed by atoms with Crippen LogP contribution in [0.5, 0.6) is 0 Å². The molecule has 4 aromatic carbocycles. The SMILES string of the molecule is COC(=O)N[C@H](C(=O)Nc1ccccc1SC[C@@H](CO)N(CCC(C)C)S(=O)(=O)c1ccc(N)cc1)C(c1ccccc1)c1ccccc1. The van der Waals surface area contributed by atoms with Crippen molar-refractivity contribution in [3.8, 4) is 0 Å². The van der Waals surface area contributed by atoms with Gasteiger partial charge in [-0.1, -0.05) is 86.6 Å². The third-order valence-electron chi connectivity index (χ3n) is 8.00. The Labute approximate surface area is 293 Å². The minimum atomic E-state index is -3.96. The molecule has 10 nitrogen and oxygen atoms in total. The first-order valence-electron chi connectivity index (χ1n) is 16.0. The number of para-hydroxylation sites is 1. The van der Waals surface area contributed by atoms with Crippen LogP contribution in [-0.2, 0) is 19.6 Å². The van der Waals surface area contributed by atoms with E-state index < -0.39 is 46.6 Å². The number of nitrogens with two attached hydrogens (primary N) is 1. The fourth-order valence-electron chi connectivity index (χ4n) is 5.36. The molecular weight excluding hydrogens is 661 g/mol. The number of aliphatic hydroxyl groups is 1. The summed E-state index contributed by atoms with van der Waals surface area (Å²) < 4.78 is 33.9. The van der Waals surface area contributed by atoms with E-state index in [9.17, 15) is 23.1 Å². The van der Waals surface area contributed by atoms with Crippen LogP contribution >= 0.6 is 11.8 Å². The molecule has 260 valence electrons. The van der Waals surface area contributed by atoms with Crippen LogP contribution in [-0.4, -0.2) is 67.9 Å².